The van der Waals surface area contributed by atoms with Gasteiger partial charge in [-0.1, -0.05) is 24.9 Å². The van der Waals surface area contributed by atoms with E-state index in [0.29, 0.717) is 41.8 Å². The Balaban J connectivity index is 0.00000220. The number of nitrogens with one attached hydrogen (secondary N) is 1. The Kier molecular flexibility index (Phi) is 6.13. The van der Waals surface area contributed by atoms with E-state index in [1.54, 1.807) is 19.1 Å². The van der Waals surface area contributed by atoms with E-state index in [4.69, 9.17) is 26.8 Å². The number of rotatable bonds is 4. The van der Waals surface area contributed by atoms with Gasteiger partial charge in [-0.05, 0) is 13.3 Å². The number of benzene rings is 1. The van der Waals surface area contributed by atoms with Gasteiger partial charge in [0.25, 0.3) is 0 Å². The Morgan fingerprint density at radius 2 is 1.95 bits per heavy atom. The third-order valence-electron chi connectivity index (χ3n) is 3.17. The summed E-state index contributed by atoms with van der Waals surface area (Å²) in [5.41, 5.74) is 5.55. The summed E-state index contributed by atoms with van der Waals surface area (Å²) in [5.74, 6) is 0.895. The van der Waals surface area contributed by atoms with Crippen LogP contribution < -0.4 is 20.5 Å². The normalized spacial score (nSPS) is 15.6. The molecule has 3 N–H and O–H groups in total. The first-order valence-corrected chi connectivity index (χ1v) is 7.01. The average molecular weight is 335 g/mol. The summed E-state index contributed by atoms with van der Waals surface area (Å²) in [7, 11) is 0. The van der Waals surface area contributed by atoms with Crippen LogP contribution in [0.15, 0.2) is 12.1 Å². The van der Waals surface area contributed by atoms with Crippen LogP contribution in [0.1, 0.15) is 26.7 Å². The molecule has 5 nitrogen and oxygen atoms in total. The summed E-state index contributed by atoms with van der Waals surface area (Å²) in [6, 6.07) is 3.30. The minimum absolute atomic E-state index is 0. The smallest absolute Gasteiger partial charge is 0.244 e. The van der Waals surface area contributed by atoms with Crippen LogP contribution in [0, 0.1) is 0 Å². The zero-order valence-corrected chi connectivity index (χ0v) is 13.6. The largest absolute Gasteiger partial charge is 0.486 e. The predicted molar refractivity (Wildman–Crippen MR) is 85.8 cm³/mol. The Hall–Kier alpha value is -1.17. The van der Waals surface area contributed by atoms with Crippen LogP contribution in [0.3, 0.4) is 0 Å². The second kappa shape index (κ2) is 7.20. The number of amides is 1. The van der Waals surface area contributed by atoms with E-state index in [1.807, 2.05) is 6.92 Å². The molecule has 0 saturated carbocycles. The molecule has 0 aliphatic carbocycles. The summed E-state index contributed by atoms with van der Waals surface area (Å²) in [5, 5.41) is 3.15. The summed E-state index contributed by atoms with van der Waals surface area (Å²) in [6.07, 6.45) is 1.43. The molecule has 0 saturated heterocycles. The molecule has 0 spiro atoms. The van der Waals surface area contributed by atoms with Crippen LogP contribution in [0.5, 0.6) is 11.5 Å². The topological polar surface area (TPSA) is 73.6 Å². The molecule has 0 aromatic heterocycles. The Morgan fingerprint density at radius 1 is 1.38 bits per heavy atom. The Bertz CT molecular complexity index is 521. The van der Waals surface area contributed by atoms with Crippen molar-refractivity contribution in [3.8, 4) is 11.5 Å². The highest BCUT2D eigenvalue weighted by atomic mass is 35.5. The molecule has 1 aromatic carbocycles. The van der Waals surface area contributed by atoms with Gasteiger partial charge in [0.05, 0.1) is 16.2 Å². The fourth-order valence-electron chi connectivity index (χ4n) is 2.06. The molecule has 1 aliphatic heterocycles. The molecule has 7 heteroatoms. The second-order valence-corrected chi connectivity index (χ2v) is 5.50. The third-order valence-corrected chi connectivity index (χ3v) is 3.48. The molecular weight excluding hydrogens is 315 g/mol. The fourth-order valence-corrected chi connectivity index (χ4v) is 2.26. The maximum Gasteiger partial charge on any atom is 0.244 e. The molecule has 1 heterocycles. The molecule has 0 bridgehead atoms. The lowest BCUT2D eigenvalue weighted by molar-refractivity contribution is -0.120. The SMILES string of the molecule is CCCC(C)(N)C(=O)Nc1cc2c(cc1Cl)OCCO2.Cl. The maximum atomic E-state index is 12.2. The summed E-state index contributed by atoms with van der Waals surface area (Å²) < 4.78 is 10.9. The molecule has 0 fully saturated rings. The number of fused-ring (bicyclic) bond motifs is 1. The van der Waals surface area contributed by atoms with Gasteiger partial charge in [0.15, 0.2) is 11.5 Å². The standard InChI is InChI=1S/C14H19ClN2O3.ClH/c1-3-4-14(2,16)13(18)17-10-8-12-11(7-9(10)15)19-5-6-20-12;/h7-8H,3-6,16H2,1-2H3,(H,17,18);1H. The molecule has 0 radical (unpaired) electrons. The van der Waals surface area contributed by atoms with Gasteiger partial charge in [-0.15, -0.1) is 12.4 Å². The summed E-state index contributed by atoms with van der Waals surface area (Å²) >= 11 is 6.14. The highest BCUT2D eigenvalue weighted by Gasteiger charge is 2.28. The number of halogens is 2. The summed E-state index contributed by atoms with van der Waals surface area (Å²) in [6.45, 7) is 4.66. The second-order valence-electron chi connectivity index (χ2n) is 5.10. The monoisotopic (exact) mass is 334 g/mol. The number of hydrogen-bond acceptors (Lipinski definition) is 4. The van der Waals surface area contributed by atoms with Crippen LogP contribution in [-0.4, -0.2) is 24.7 Å². The van der Waals surface area contributed by atoms with Crippen molar-refractivity contribution >= 4 is 35.6 Å². The first-order valence-electron chi connectivity index (χ1n) is 6.63. The lowest BCUT2D eigenvalue weighted by atomic mass is 9.96. The third kappa shape index (κ3) is 4.15. The van der Waals surface area contributed by atoms with Gasteiger partial charge in [0.2, 0.25) is 5.91 Å². The van der Waals surface area contributed by atoms with Gasteiger partial charge >= 0.3 is 0 Å². The first kappa shape index (κ1) is 17.9. The predicted octanol–water partition coefficient (Wildman–Crippen LogP) is 2.99. The van der Waals surface area contributed by atoms with Crippen LogP contribution in [-0.2, 0) is 4.79 Å². The van der Waals surface area contributed by atoms with Crippen LogP contribution in [0.4, 0.5) is 5.69 Å². The fraction of sp³-hybridized carbons (Fsp3) is 0.500. The van der Waals surface area contributed by atoms with Crippen molar-refractivity contribution in [3.63, 3.8) is 0 Å². The first-order chi connectivity index (χ1) is 9.44. The van der Waals surface area contributed by atoms with Crippen molar-refractivity contribution < 1.29 is 14.3 Å². The highest BCUT2D eigenvalue weighted by molar-refractivity contribution is 6.34. The van der Waals surface area contributed by atoms with E-state index in [2.05, 4.69) is 5.32 Å². The van der Waals surface area contributed by atoms with E-state index in [0.717, 1.165) is 6.42 Å². The zero-order valence-electron chi connectivity index (χ0n) is 12.1. The molecule has 1 aliphatic rings. The van der Waals surface area contributed by atoms with Crippen molar-refractivity contribution in [1.82, 2.24) is 0 Å². The number of hydrogen-bond donors (Lipinski definition) is 2. The molecule has 21 heavy (non-hydrogen) atoms. The number of nitrogens with two attached hydrogens (primary N) is 1. The number of carbonyl (C=O) groups excluding carboxylic acids is 1. The van der Waals surface area contributed by atoms with Crippen LogP contribution >= 0.6 is 24.0 Å². The molecule has 1 unspecified atom stereocenters. The molecular formula is C14H20Cl2N2O3. The Labute approximate surface area is 135 Å². The summed E-state index contributed by atoms with van der Waals surface area (Å²) in [4.78, 5) is 12.2. The average Bonchev–Trinajstić information content (AvgIpc) is 2.39. The van der Waals surface area contributed by atoms with Crippen LogP contribution in [0.25, 0.3) is 0 Å². The van der Waals surface area contributed by atoms with Crippen molar-refractivity contribution in [3.05, 3.63) is 17.2 Å². The minimum atomic E-state index is -0.925. The van der Waals surface area contributed by atoms with Crippen molar-refractivity contribution in [2.45, 2.75) is 32.2 Å². The molecule has 1 atom stereocenters. The molecule has 1 amide bonds. The zero-order chi connectivity index (χ0) is 14.8. The highest BCUT2D eigenvalue weighted by Crippen LogP contribution is 2.38. The molecule has 118 valence electrons. The lowest BCUT2D eigenvalue weighted by Crippen LogP contribution is -2.48. The van der Waals surface area contributed by atoms with E-state index in [1.165, 1.54) is 0 Å². The minimum Gasteiger partial charge on any atom is -0.486 e. The number of ether oxygens (including phenoxy) is 2. The molecule has 2 rings (SSSR count). The van der Waals surface area contributed by atoms with Crippen molar-refractivity contribution in [1.29, 1.82) is 0 Å². The van der Waals surface area contributed by atoms with E-state index in [9.17, 15) is 4.79 Å². The van der Waals surface area contributed by atoms with Crippen molar-refractivity contribution in [2.75, 3.05) is 18.5 Å². The number of carbonyl (C=O) groups is 1. The molecule has 1 aromatic rings. The van der Waals surface area contributed by atoms with Gasteiger partial charge < -0.3 is 20.5 Å². The lowest BCUT2D eigenvalue weighted by Gasteiger charge is -2.24. The van der Waals surface area contributed by atoms with Gasteiger partial charge in [0.1, 0.15) is 13.2 Å². The van der Waals surface area contributed by atoms with Gasteiger partial charge in [0, 0.05) is 12.1 Å². The van der Waals surface area contributed by atoms with Gasteiger partial charge in [-0.25, -0.2) is 0 Å². The van der Waals surface area contributed by atoms with E-state index < -0.39 is 5.54 Å². The van der Waals surface area contributed by atoms with E-state index >= 15 is 0 Å². The maximum absolute atomic E-state index is 12.2. The van der Waals surface area contributed by atoms with E-state index in [-0.39, 0.29) is 18.3 Å². The van der Waals surface area contributed by atoms with Gasteiger partial charge in [-0.2, -0.15) is 0 Å². The van der Waals surface area contributed by atoms with Crippen molar-refractivity contribution in [2.24, 2.45) is 5.73 Å². The van der Waals surface area contributed by atoms with Crippen LogP contribution in [0.2, 0.25) is 5.02 Å². The number of anilines is 1. The van der Waals surface area contributed by atoms with Gasteiger partial charge in [-0.3, -0.25) is 4.79 Å². The Morgan fingerprint density at radius 3 is 2.52 bits per heavy atom. The quantitative estimate of drug-likeness (QED) is 0.887.